The van der Waals surface area contributed by atoms with Gasteiger partial charge in [-0.1, -0.05) is 13.8 Å². The van der Waals surface area contributed by atoms with Crippen molar-refractivity contribution in [1.82, 2.24) is 0 Å². The predicted molar refractivity (Wildman–Crippen MR) is 76.9 cm³/mol. The Kier molecular flexibility index (Phi) is 2.72. The number of rotatable bonds is 4. The van der Waals surface area contributed by atoms with Crippen LogP contribution in [0.15, 0.2) is 0 Å². The van der Waals surface area contributed by atoms with E-state index < -0.39 is 0 Å². The zero-order chi connectivity index (χ0) is 14.1. The Labute approximate surface area is 121 Å². The normalized spacial score (nSPS) is 56.8. The Morgan fingerprint density at radius 1 is 1.15 bits per heavy atom. The van der Waals surface area contributed by atoms with Gasteiger partial charge < -0.3 is 9.59 Å². The molecule has 0 N–H and O–H groups in total. The van der Waals surface area contributed by atoms with Crippen molar-refractivity contribution in [3.63, 3.8) is 0 Å². The molecule has 20 heavy (non-hydrogen) atoms. The van der Waals surface area contributed by atoms with Gasteiger partial charge in [0, 0.05) is 11.3 Å². The van der Waals surface area contributed by atoms with Crippen LogP contribution >= 0.6 is 0 Å². The van der Waals surface area contributed by atoms with Gasteiger partial charge in [-0.15, -0.1) is 0 Å². The smallest absolute Gasteiger partial charge is 0.126 e. The summed E-state index contributed by atoms with van der Waals surface area (Å²) in [7, 11) is 0. The molecular weight excluding hydrogens is 248 g/mol. The average molecular weight is 274 g/mol. The second kappa shape index (κ2) is 4.18. The van der Waals surface area contributed by atoms with Crippen LogP contribution in [0.5, 0.6) is 0 Å². The molecule has 0 aliphatic heterocycles. The second-order valence-corrected chi connectivity index (χ2v) is 8.22. The fourth-order valence-electron chi connectivity index (χ4n) is 7.21. The minimum absolute atomic E-state index is 0.0160. The van der Waals surface area contributed by atoms with E-state index in [0.717, 1.165) is 42.4 Å². The largest absolute Gasteiger partial charge is 0.303 e. The molecule has 0 aromatic rings. The van der Waals surface area contributed by atoms with Crippen molar-refractivity contribution in [1.29, 1.82) is 0 Å². The van der Waals surface area contributed by atoms with E-state index in [0.29, 0.717) is 11.8 Å². The van der Waals surface area contributed by atoms with Crippen molar-refractivity contribution in [2.24, 2.45) is 52.8 Å². The van der Waals surface area contributed by atoms with Crippen LogP contribution in [0.1, 0.15) is 46.0 Å². The summed E-state index contributed by atoms with van der Waals surface area (Å²) in [5.74, 6) is 5.62. The number of carbonyl (C=O) groups is 2. The van der Waals surface area contributed by atoms with E-state index in [1.54, 1.807) is 0 Å². The summed E-state index contributed by atoms with van der Waals surface area (Å²) >= 11 is 0. The van der Waals surface area contributed by atoms with Crippen LogP contribution in [-0.4, -0.2) is 12.6 Å². The van der Waals surface area contributed by atoms with E-state index in [1.165, 1.54) is 31.8 Å². The Hall–Kier alpha value is -0.660. The van der Waals surface area contributed by atoms with Crippen LogP contribution in [0.4, 0.5) is 0 Å². The van der Waals surface area contributed by atoms with Crippen molar-refractivity contribution in [2.75, 3.05) is 0 Å². The van der Waals surface area contributed by atoms with Crippen molar-refractivity contribution >= 4 is 12.6 Å². The highest BCUT2D eigenvalue weighted by Crippen LogP contribution is 2.73. The highest BCUT2D eigenvalue weighted by Gasteiger charge is 2.68. The molecule has 2 heteroatoms. The number of aldehydes is 2. The van der Waals surface area contributed by atoms with E-state index >= 15 is 0 Å². The lowest BCUT2D eigenvalue weighted by molar-refractivity contribution is -0.123. The zero-order valence-corrected chi connectivity index (χ0v) is 12.6. The minimum atomic E-state index is 0.0160. The number of fused-ring (bicyclic) bond motifs is 9. The van der Waals surface area contributed by atoms with Gasteiger partial charge in [-0.05, 0) is 73.5 Å². The molecule has 9 atom stereocenters. The third kappa shape index (κ3) is 1.36. The molecule has 0 saturated heterocycles. The van der Waals surface area contributed by atoms with Gasteiger partial charge in [-0.25, -0.2) is 0 Å². The first kappa shape index (κ1) is 13.0. The molecular formula is C18H26O2. The molecule has 0 spiro atoms. The first-order valence-corrected chi connectivity index (χ1v) is 8.56. The van der Waals surface area contributed by atoms with Crippen LogP contribution in [0.2, 0.25) is 0 Å². The van der Waals surface area contributed by atoms with Gasteiger partial charge in [0.15, 0.2) is 0 Å². The summed E-state index contributed by atoms with van der Waals surface area (Å²) in [6.45, 7) is 4.32. The van der Waals surface area contributed by atoms with Gasteiger partial charge in [-0.2, -0.15) is 0 Å². The molecule has 0 aromatic carbocycles. The fourth-order valence-corrected chi connectivity index (χ4v) is 7.21. The van der Waals surface area contributed by atoms with Crippen molar-refractivity contribution in [2.45, 2.75) is 46.0 Å². The summed E-state index contributed by atoms with van der Waals surface area (Å²) in [4.78, 5) is 22.9. The van der Waals surface area contributed by atoms with Crippen LogP contribution < -0.4 is 0 Å². The lowest BCUT2D eigenvalue weighted by Gasteiger charge is -2.45. The van der Waals surface area contributed by atoms with E-state index in [4.69, 9.17) is 0 Å². The summed E-state index contributed by atoms with van der Waals surface area (Å²) < 4.78 is 0. The maximum absolute atomic E-state index is 11.7. The minimum Gasteiger partial charge on any atom is -0.303 e. The summed E-state index contributed by atoms with van der Waals surface area (Å²) in [5.41, 5.74) is 0.0160. The molecule has 0 amide bonds. The summed E-state index contributed by atoms with van der Waals surface area (Å²) in [6, 6.07) is 0. The Bertz CT molecular complexity index is 445. The van der Waals surface area contributed by atoms with Crippen molar-refractivity contribution in [3.05, 3.63) is 0 Å². The molecule has 110 valence electrons. The number of hydrogen-bond donors (Lipinski definition) is 0. The highest BCUT2D eigenvalue weighted by atomic mass is 16.1. The highest BCUT2D eigenvalue weighted by molar-refractivity contribution is 5.62. The SMILES string of the molecule is CCC1(C=O)CC2CC1C1C3CC(C(C)C=O)C(C3)C21. The van der Waals surface area contributed by atoms with E-state index in [-0.39, 0.29) is 11.3 Å². The molecule has 0 aromatic heterocycles. The van der Waals surface area contributed by atoms with Gasteiger partial charge in [0.1, 0.15) is 12.6 Å². The van der Waals surface area contributed by atoms with Gasteiger partial charge in [0.05, 0.1) is 0 Å². The number of carbonyl (C=O) groups excluding carboxylic acids is 2. The quantitative estimate of drug-likeness (QED) is 0.582. The molecule has 4 fully saturated rings. The Balaban J connectivity index is 1.63. The molecule has 4 saturated carbocycles. The third-order valence-corrected chi connectivity index (χ3v) is 7.91. The standard InChI is InChI=1S/C18H26O2/c1-3-18(9-20)7-12-6-15(18)17-11-4-13(10(2)8-19)14(5-11)16(12)17/h8-17H,3-7H2,1-2H3. The van der Waals surface area contributed by atoms with Gasteiger partial charge in [0.25, 0.3) is 0 Å². The monoisotopic (exact) mass is 274 g/mol. The lowest BCUT2D eigenvalue weighted by Crippen LogP contribution is -2.43. The third-order valence-electron chi connectivity index (χ3n) is 7.91. The van der Waals surface area contributed by atoms with Crippen LogP contribution in [0, 0.1) is 52.8 Å². The summed E-state index contributed by atoms with van der Waals surface area (Å²) in [5, 5.41) is 0. The van der Waals surface area contributed by atoms with Crippen LogP contribution in [0.25, 0.3) is 0 Å². The van der Waals surface area contributed by atoms with Crippen molar-refractivity contribution in [3.8, 4) is 0 Å². The Morgan fingerprint density at radius 3 is 2.60 bits per heavy atom. The zero-order valence-electron chi connectivity index (χ0n) is 12.6. The molecule has 4 rings (SSSR count). The van der Waals surface area contributed by atoms with E-state index in [9.17, 15) is 9.59 Å². The fraction of sp³-hybridized carbons (Fsp3) is 0.889. The second-order valence-electron chi connectivity index (χ2n) is 8.22. The lowest BCUT2D eigenvalue weighted by atomic mass is 9.58. The maximum atomic E-state index is 11.7. The van der Waals surface area contributed by atoms with E-state index in [2.05, 4.69) is 13.8 Å². The maximum Gasteiger partial charge on any atom is 0.126 e. The molecule has 4 bridgehead atoms. The molecule has 2 nitrogen and oxygen atoms in total. The first-order valence-electron chi connectivity index (χ1n) is 8.56. The van der Waals surface area contributed by atoms with Crippen molar-refractivity contribution < 1.29 is 9.59 Å². The van der Waals surface area contributed by atoms with Crippen LogP contribution in [0.3, 0.4) is 0 Å². The molecule has 4 aliphatic carbocycles. The Morgan fingerprint density at radius 2 is 1.95 bits per heavy atom. The average Bonchev–Trinajstić information content (AvgIpc) is 3.21. The summed E-state index contributed by atoms with van der Waals surface area (Å²) in [6.07, 6.45) is 8.58. The number of hydrogen-bond acceptors (Lipinski definition) is 2. The first-order chi connectivity index (χ1) is 9.65. The molecule has 0 heterocycles. The molecule has 4 aliphatic rings. The molecule has 9 unspecified atom stereocenters. The van der Waals surface area contributed by atoms with E-state index in [1.807, 2.05) is 0 Å². The topological polar surface area (TPSA) is 34.1 Å². The molecule has 0 radical (unpaired) electrons. The van der Waals surface area contributed by atoms with Crippen LogP contribution in [-0.2, 0) is 9.59 Å². The predicted octanol–water partition coefficient (Wildman–Crippen LogP) is 3.34. The van der Waals surface area contributed by atoms with Gasteiger partial charge in [0.2, 0.25) is 0 Å². The van der Waals surface area contributed by atoms with Gasteiger partial charge >= 0.3 is 0 Å². The van der Waals surface area contributed by atoms with Gasteiger partial charge in [-0.3, -0.25) is 0 Å².